The van der Waals surface area contributed by atoms with Crippen molar-refractivity contribution in [2.24, 2.45) is 0 Å². The van der Waals surface area contributed by atoms with Crippen LogP contribution in [0.1, 0.15) is 20.3 Å². The molecule has 0 aromatic carbocycles. The molecule has 16 heavy (non-hydrogen) atoms. The molecule has 6 heteroatoms. The van der Waals surface area contributed by atoms with Gasteiger partial charge in [-0.1, -0.05) is 0 Å². The Morgan fingerprint density at radius 1 is 1.31 bits per heavy atom. The number of hydrogen-bond donors (Lipinski definition) is 4. The maximum atomic E-state index is 9.55. The average molecular weight is 231 g/mol. The van der Waals surface area contributed by atoms with Crippen LogP contribution in [0.25, 0.3) is 0 Å². The van der Waals surface area contributed by atoms with Crippen LogP contribution in [0.5, 0.6) is 0 Å². The Morgan fingerprint density at radius 2 is 1.69 bits per heavy atom. The molecule has 0 aromatic rings. The lowest BCUT2D eigenvalue weighted by molar-refractivity contribution is -0.134. The lowest BCUT2D eigenvalue weighted by atomic mass is 9.86. The SMILES string of the molecule is CC1(C)C[C@H](CO)N1.O=C(O)/C=C\C(=O)O. The van der Waals surface area contributed by atoms with E-state index < -0.39 is 11.9 Å². The normalized spacial score (nSPS) is 21.8. The Bertz CT molecular complexity index is 261. The van der Waals surface area contributed by atoms with Crippen LogP contribution in [-0.2, 0) is 9.59 Å². The smallest absolute Gasteiger partial charge is 0.328 e. The Morgan fingerprint density at radius 3 is 1.81 bits per heavy atom. The summed E-state index contributed by atoms with van der Waals surface area (Å²) in [7, 11) is 0. The van der Waals surface area contributed by atoms with E-state index in [1.54, 1.807) is 0 Å². The topological polar surface area (TPSA) is 107 Å². The molecule has 1 rings (SSSR count). The maximum absolute atomic E-state index is 9.55. The van der Waals surface area contributed by atoms with Crippen molar-refractivity contribution in [2.45, 2.75) is 31.8 Å². The second-order valence-electron chi connectivity index (χ2n) is 4.12. The maximum Gasteiger partial charge on any atom is 0.328 e. The average Bonchev–Trinajstić information content (AvgIpc) is 2.11. The molecule has 1 aliphatic rings. The van der Waals surface area contributed by atoms with Crippen LogP contribution in [-0.4, -0.2) is 45.4 Å². The Kier molecular flexibility index (Phi) is 5.69. The standard InChI is InChI=1S/C6H13NO.C4H4O4/c1-6(2)3-5(4-8)7-6;5-3(6)1-2-4(7)8/h5,7-8H,3-4H2,1-2H3;1-2H,(H,5,6)(H,7,8)/b;2-1-/t5-;/m1./s1. The molecule has 0 unspecified atom stereocenters. The predicted molar refractivity (Wildman–Crippen MR) is 57.1 cm³/mol. The number of aliphatic carboxylic acids is 2. The lowest BCUT2D eigenvalue weighted by Gasteiger charge is -2.43. The summed E-state index contributed by atoms with van der Waals surface area (Å²) >= 11 is 0. The van der Waals surface area contributed by atoms with E-state index in [4.69, 9.17) is 15.3 Å². The van der Waals surface area contributed by atoms with Crippen molar-refractivity contribution in [1.82, 2.24) is 5.32 Å². The van der Waals surface area contributed by atoms with E-state index in [0.29, 0.717) is 18.2 Å². The van der Waals surface area contributed by atoms with Gasteiger partial charge in [0, 0.05) is 23.7 Å². The minimum absolute atomic E-state index is 0.281. The van der Waals surface area contributed by atoms with E-state index in [2.05, 4.69) is 19.2 Å². The zero-order valence-corrected chi connectivity index (χ0v) is 9.30. The number of aliphatic hydroxyl groups is 1. The number of rotatable bonds is 3. The Hall–Kier alpha value is -1.40. The van der Waals surface area contributed by atoms with Crippen LogP contribution in [0.2, 0.25) is 0 Å². The van der Waals surface area contributed by atoms with Crippen LogP contribution in [0.3, 0.4) is 0 Å². The molecule has 0 spiro atoms. The van der Waals surface area contributed by atoms with Gasteiger partial charge in [-0.2, -0.15) is 0 Å². The molecule has 6 nitrogen and oxygen atoms in total. The molecule has 0 radical (unpaired) electrons. The highest BCUT2D eigenvalue weighted by Gasteiger charge is 2.33. The molecule has 0 amide bonds. The number of carboxylic acid groups (broad SMARTS) is 2. The van der Waals surface area contributed by atoms with Crippen LogP contribution in [0.15, 0.2) is 12.2 Å². The van der Waals surface area contributed by atoms with Crippen LogP contribution >= 0.6 is 0 Å². The summed E-state index contributed by atoms with van der Waals surface area (Å²) in [4.78, 5) is 19.1. The fourth-order valence-corrected chi connectivity index (χ4v) is 1.40. The van der Waals surface area contributed by atoms with Gasteiger partial charge in [0.25, 0.3) is 0 Å². The lowest BCUT2D eigenvalue weighted by Crippen LogP contribution is -2.61. The molecule has 0 aromatic heterocycles. The molecule has 0 saturated carbocycles. The summed E-state index contributed by atoms with van der Waals surface area (Å²) in [6.07, 6.45) is 2.22. The number of hydrogen-bond acceptors (Lipinski definition) is 4. The first-order chi connectivity index (χ1) is 7.26. The number of nitrogens with one attached hydrogen (secondary N) is 1. The zero-order valence-electron chi connectivity index (χ0n) is 9.30. The Labute approximate surface area is 93.6 Å². The van der Waals surface area contributed by atoms with Gasteiger partial charge >= 0.3 is 11.9 Å². The van der Waals surface area contributed by atoms with Gasteiger partial charge in [0.2, 0.25) is 0 Å². The Balaban J connectivity index is 0.000000281. The van der Waals surface area contributed by atoms with Gasteiger partial charge in [-0.05, 0) is 20.3 Å². The van der Waals surface area contributed by atoms with Crippen molar-refractivity contribution in [1.29, 1.82) is 0 Å². The van der Waals surface area contributed by atoms with Crippen molar-refractivity contribution >= 4 is 11.9 Å². The number of carboxylic acids is 2. The molecule has 1 saturated heterocycles. The van der Waals surface area contributed by atoms with Gasteiger partial charge < -0.3 is 20.6 Å². The molecule has 92 valence electrons. The van der Waals surface area contributed by atoms with Gasteiger partial charge in [-0.15, -0.1) is 0 Å². The van der Waals surface area contributed by atoms with E-state index >= 15 is 0 Å². The van der Waals surface area contributed by atoms with Gasteiger partial charge in [0.05, 0.1) is 6.61 Å². The van der Waals surface area contributed by atoms with Crippen LogP contribution in [0.4, 0.5) is 0 Å². The highest BCUT2D eigenvalue weighted by Crippen LogP contribution is 2.22. The van der Waals surface area contributed by atoms with Gasteiger partial charge in [-0.25, -0.2) is 9.59 Å². The number of aliphatic hydroxyl groups excluding tert-OH is 1. The molecular formula is C10H17NO5. The van der Waals surface area contributed by atoms with E-state index in [-0.39, 0.29) is 12.1 Å². The minimum Gasteiger partial charge on any atom is -0.478 e. The molecular weight excluding hydrogens is 214 g/mol. The summed E-state index contributed by atoms with van der Waals surface area (Å²) in [5, 5.41) is 27.4. The van der Waals surface area contributed by atoms with Gasteiger partial charge in [0.15, 0.2) is 0 Å². The molecule has 1 heterocycles. The quantitative estimate of drug-likeness (QED) is 0.502. The molecule has 0 bridgehead atoms. The zero-order chi connectivity index (χ0) is 12.8. The van der Waals surface area contributed by atoms with Crippen molar-refractivity contribution in [3.8, 4) is 0 Å². The molecule has 1 fully saturated rings. The fourth-order valence-electron chi connectivity index (χ4n) is 1.40. The summed E-state index contributed by atoms with van der Waals surface area (Å²) in [6.45, 7) is 4.56. The third-order valence-electron chi connectivity index (χ3n) is 1.94. The first kappa shape index (κ1) is 14.6. The first-order valence-corrected chi connectivity index (χ1v) is 4.79. The molecule has 0 aliphatic carbocycles. The summed E-state index contributed by atoms with van der Waals surface area (Å²) in [5.41, 5.74) is 0.285. The van der Waals surface area contributed by atoms with Gasteiger partial charge in [-0.3, -0.25) is 0 Å². The summed E-state index contributed by atoms with van der Waals surface area (Å²) in [5.74, 6) is -2.51. The summed E-state index contributed by atoms with van der Waals surface area (Å²) in [6, 6.07) is 0.366. The number of carbonyl (C=O) groups is 2. The molecule has 1 aliphatic heterocycles. The summed E-state index contributed by atoms with van der Waals surface area (Å²) < 4.78 is 0. The predicted octanol–water partition coefficient (Wildman–Crippen LogP) is -0.169. The van der Waals surface area contributed by atoms with Crippen molar-refractivity contribution in [3.63, 3.8) is 0 Å². The molecule has 4 N–H and O–H groups in total. The monoisotopic (exact) mass is 231 g/mol. The van der Waals surface area contributed by atoms with E-state index in [0.717, 1.165) is 6.42 Å². The highest BCUT2D eigenvalue weighted by atomic mass is 16.4. The van der Waals surface area contributed by atoms with Gasteiger partial charge in [0.1, 0.15) is 0 Å². The molecule has 1 atom stereocenters. The fraction of sp³-hybridized carbons (Fsp3) is 0.600. The van der Waals surface area contributed by atoms with Crippen LogP contribution < -0.4 is 5.32 Å². The third-order valence-corrected chi connectivity index (χ3v) is 1.94. The second kappa shape index (κ2) is 6.24. The van der Waals surface area contributed by atoms with E-state index in [1.165, 1.54) is 0 Å². The van der Waals surface area contributed by atoms with Crippen LogP contribution in [0, 0.1) is 0 Å². The van der Waals surface area contributed by atoms with Crippen molar-refractivity contribution < 1.29 is 24.9 Å². The third kappa shape index (κ3) is 6.97. The van der Waals surface area contributed by atoms with Crippen molar-refractivity contribution in [3.05, 3.63) is 12.2 Å². The highest BCUT2D eigenvalue weighted by molar-refractivity contribution is 5.89. The minimum atomic E-state index is -1.26. The van der Waals surface area contributed by atoms with E-state index in [1.807, 2.05) is 0 Å². The van der Waals surface area contributed by atoms with E-state index in [9.17, 15) is 9.59 Å². The largest absolute Gasteiger partial charge is 0.478 e. The first-order valence-electron chi connectivity index (χ1n) is 4.79. The second-order valence-corrected chi connectivity index (χ2v) is 4.12. The van der Waals surface area contributed by atoms with Crippen molar-refractivity contribution in [2.75, 3.05) is 6.61 Å².